The van der Waals surface area contributed by atoms with Gasteiger partial charge in [-0.05, 0) is 66.8 Å². The summed E-state index contributed by atoms with van der Waals surface area (Å²) in [5.74, 6) is 0.194. The molecule has 0 bridgehead atoms. The second kappa shape index (κ2) is 12.9. The fourth-order valence-electron chi connectivity index (χ4n) is 8.06. The third-order valence-corrected chi connectivity index (χ3v) is 10.3. The number of nitrogen functional groups attached to an aromatic ring is 1. The van der Waals surface area contributed by atoms with Crippen molar-refractivity contribution in [3.8, 4) is 23.0 Å². The number of nitrogens with zero attached hydrogens (tertiary/aromatic N) is 7. The minimum atomic E-state index is -0.927. The Bertz CT molecular complexity index is 2090. The molecule has 2 saturated heterocycles. The van der Waals surface area contributed by atoms with E-state index in [4.69, 9.17) is 24.9 Å². The highest BCUT2D eigenvalue weighted by Crippen LogP contribution is 2.42. The van der Waals surface area contributed by atoms with Gasteiger partial charge in [0, 0.05) is 51.0 Å². The Balaban J connectivity index is 1.28. The standard InChI is InChI=1S/C36H39F3N8O3/c1-3-25-28(38)7-6-21-12-24(50-20-48-2)14-26(30(21)25)32-31(39)33-27(16-41-32)34(45-9-5-11-47-23(18-45)13-29(40)44-47)43-35(42-33)49-19-36-8-4-10-46(36)17-22(37)15-36/h6-7,12-14,16,22H,3-5,8-11,15,17-20H2,1-2H3,(H2,40,44)/t22-,36+/m1/s1. The minimum Gasteiger partial charge on any atom is -0.468 e. The number of ether oxygens (including phenoxy) is 3. The van der Waals surface area contributed by atoms with Gasteiger partial charge >= 0.3 is 6.01 Å². The van der Waals surface area contributed by atoms with Crippen molar-refractivity contribution in [1.29, 1.82) is 0 Å². The topological polar surface area (TPSA) is 117 Å². The molecule has 0 amide bonds. The molecule has 3 aliphatic heterocycles. The van der Waals surface area contributed by atoms with E-state index in [1.54, 1.807) is 24.4 Å². The van der Waals surface area contributed by atoms with Gasteiger partial charge in [-0.3, -0.25) is 14.6 Å². The number of hydrogen-bond acceptors (Lipinski definition) is 10. The zero-order chi connectivity index (χ0) is 34.6. The Morgan fingerprint density at radius 1 is 1.06 bits per heavy atom. The lowest BCUT2D eigenvalue weighted by atomic mass is 9.94. The Morgan fingerprint density at radius 3 is 2.78 bits per heavy atom. The number of rotatable bonds is 9. The average molecular weight is 689 g/mol. The summed E-state index contributed by atoms with van der Waals surface area (Å²) in [4.78, 5) is 18.3. The molecule has 0 radical (unpaired) electrons. The Labute approximate surface area is 287 Å². The second-order valence-corrected chi connectivity index (χ2v) is 13.4. The van der Waals surface area contributed by atoms with Crippen molar-refractivity contribution in [3.05, 3.63) is 59.4 Å². The zero-order valence-electron chi connectivity index (χ0n) is 28.1. The Hall–Kier alpha value is -4.69. The van der Waals surface area contributed by atoms with Gasteiger partial charge < -0.3 is 24.8 Å². The van der Waals surface area contributed by atoms with Crippen molar-refractivity contribution in [2.75, 3.05) is 50.8 Å². The third kappa shape index (κ3) is 5.63. The summed E-state index contributed by atoms with van der Waals surface area (Å²) in [6.45, 7) is 4.88. The van der Waals surface area contributed by atoms with Crippen molar-refractivity contribution in [2.45, 2.75) is 63.8 Å². The lowest BCUT2D eigenvalue weighted by Crippen LogP contribution is -2.43. The fraction of sp³-hybridized carbons (Fsp3) is 0.444. The first kappa shape index (κ1) is 32.5. The molecule has 11 nitrogen and oxygen atoms in total. The van der Waals surface area contributed by atoms with Gasteiger partial charge in [0.1, 0.15) is 47.2 Å². The van der Waals surface area contributed by atoms with Crippen LogP contribution in [-0.4, -0.2) is 81.5 Å². The number of halogens is 3. The smallest absolute Gasteiger partial charge is 0.319 e. The summed E-state index contributed by atoms with van der Waals surface area (Å²) in [6, 6.07) is 8.29. The number of nitrogens with two attached hydrogens (primary N) is 1. The van der Waals surface area contributed by atoms with Crippen LogP contribution < -0.4 is 20.1 Å². The molecule has 262 valence electrons. The number of methoxy groups -OCH3 is 1. The molecular weight excluding hydrogens is 649 g/mol. The number of aromatic nitrogens is 5. The molecule has 3 aliphatic rings. The van der Waals surface area contributed by atoms with Crippen molar-refractivity contribution >= 4 is 33.3 Å². The SMILES string of the molecule is CCc1c(F)ccc2cc(OCOC)cc(-c3ncc4c(N5CCCn6nc(N)cc6C5)nc(OC[C@@]56CCCN5C[C@H](F)C6)nc4c3F)c12. The molecule has 6 heterocycles. The van der Waals surface area contributed by atoms with E-state index in [0.29, 0.717) is 83.7 Å². The van der Waals surface area contributed by atoms with Crippen LogP contribution in [0, 0.1) is 11.6 Å². The monoisotopic (exact) mass is 688 g/mol. The number of hydrogen-bond donors (Lipinski definition) is 1. The second-order valence-electron chi connectivity index (χ2n) is 13.4. The van der Waals surface area contributed by atoms with Crippen LogP contribution in [0.15, 0.2) is 36.5 Å². The van der Waals surface area contributed by atoms with Gasteiger partial charge in [0.05, 0.1) is 23.2 Å². The first-order valence-corrected chi connectivity index (χ1v) is 17.1. The molecule has 2 N–H and O–H groups in total. The summed E-state index contributed by atoms with van der Waals surface area (Å²) < 4.78 is 66.1. The van der Waals surface area contributed by atoms with Gasteiger partial charge in [-0.25, -0.2) is 13.2 Å². The summed E-state index contributed by atoms with van der Waals surface area (Å²) in [5, 5.41) is 6.02. The fourth-order valence-corrected chi connectivity index (χ4v) is 8.06. The normalized spacial score (nSPS) is 20.7. The highest BCUT2D eigenvalue weighted by Gasteiger charge is 2.49. The number of pyridine rings is 1. The maximum absolute atomic E-state index is 17.2. The molecule has 0 spiro atoms. The van der Waals surface area contributed by atoms with Crippen LogP contribution in [0.25, 0.3) is 32.9 Å². The molecule has 2 aromatic carbocycles. The number of alkyl halides is 1. The van der Waals surface area contributed by atoms with Gasteiger partial charge in [-0.15, -0.1) is 0 Å². The van der Waals surface area contributed by atoms with Gasteiger partial charge in [0.2, 0.25) is 0 Å². The van der Waals surface area contributed by atoms with Gasteiger partial charge in [0.15, 0.2) is 12.6 Å². The quantitative estimate of drug-likeness (QED) is 0.190. The van der Waals surface area contributed by atoms with E-state index in [2.05, 4.69) is 20.0 Å². The van der Waals surface area contributed by atoms with E-state index >= 15 is 8.78 Å². The van der Waals surface area contributed by atoms with Crippen molar-refractivity contribution in [1.82, 2.24) is 29.6 Å². The van der Waals surface area contributed by atoms with Crippen LogP contribution >= 0.6 is 0 Å². The van der Waals surface area contributed by atoms with E-state index in [0.717, 1.165) is 31.5 Å². The molecule has 50 heavy (non-hydrogen) atoms. The summed E-state index contributed by atoms with van der Waals surface area (Å²) in [6.07, 6.45) is 3.88. The number of fused-ring (bicyclic) bond motifs is 4. The molecule has 5 aromatic rings. The first-order chi connectivity index (χ1) is 24.3. The van der Waals surface area contributed by atoms with E-state index in [-0.39, 0.29) is 30.6 Å². The summed E-state index contributed by atoms with van der Waals surface area (Å²) >= 11 is 0. The Kier molecular flexibility index (Phi) is 8.38. The van der Waals surface area contributed by atoms with E-state index in [1.165, 1.54) is 13.2 Å². The molecule has 2 atom stereocenters. The molecule has 8 rings (SSSR count). The maximum atomic E-state index is 17.2. The van der Waals surface area contributed by atoms with Crippen LogP contribution in [0.1, 0.15) is 43.9 Å². The molecule has 2 fully saturated rings. The summed E-state index contributed by atoms with van der Waals surface area (Å²) in [7, 11) is 1.51. The van der Waals surface area contributed by atoms with Crippen molar-refractivity contribution in [2.24, 2.45) is 0 Å². The highest BCUT2D eigenvalue weighted by atomic mass is 19.1. The molecule has 0 aliphatic carbocycles. The lowest BCUT2D eigenvalue weighted by molar-refractivity contribution is 0.0512. The van der Waals surface area contributed by atoms with Crippen LogP contribution in [0.3, 0.4) is 0 Å². The van der Waals surface area contributed by atoms with Crippen molar-refractivity contribution in [3.63, 3.8) is 0 Å². The molecule has 3 aromatic heterocycles. The number of anilines is 2. The van der Waals surface area contributed by atoms with E-state index < -0.39 is 23.3 Å². The van der Waals surface area contributed by atoms with Gasteiger partial charge in [0.25, 0.3) is 0 Å². The molecule has 14 heteroatoms. The lowest BCUT2D eigenvalue weighted by Gasteiger charge is -2.31. The first-order valence-electron chi connectivity index (χ1n) is 17.1. The minimum absolute atomic E-state index is 0.00770. The highest BCUT2D eigenvalue weighted by molar-refractivity contribution is 6.01. The van der Waals surface area contributed by atoms with Gasteiger partial charge in [-0.1, -0.05) is 13.0 Å². The van der Waals surface area contributed by atoms with Gasteiger partial charge in [-0.2, -0.15) is 15.1 Å². The van der Waals surface area contributed by atoms with E-state index in [1.807, 2.05) is 22.6 Å². The summed E-state index contributed by atoms with van der Waals surface area (Å²) in [5.41, 5.74) is 7.27. The van der Waals surface area contributed by atoms with Crippen LogP contribution in [0.5, 0.6) is 11.8 Å². The van der Waals surface area contributed by atoms with Crippen LogP contribution in [0.4, 0.5) is 24.8 Å². The largest absolute Gasteiger partial charge is 0.468 e. The predicted molar refractivity (Wildman–Crippen MR) is 183 cm³/mol. The Morgan fingerprint density at radius 2 is 1.94 bits per heavy atom. The average Bonchev–Trinajstić information content (AvgIpc) is 3.71. The number of benzene rings is 2. The molecule has 0 saturated carbocycles. The number of aryl methyl sites for hydroxylation is 2. The maximum Gasteiger partial charge on any atom is 0.319 e. The third-order valence-electron chi connectivity index (χ3n) is 10.3. The van der Waals surface area contributed by atoms with Crippen LogP contribution in [0.2, 0.25) is 0 Å². The predicted octanol–water partition coefficient (Wildman–Crippen LogP) is 5.81. The zero-order valence-corrected chi connectivity index (χ0v) is 28.1. The van der Waals surface area contributed by atoms with E-state index in [9.17, 15) is 4.39 Å². The van der Waals surface area contributed by atoms with Crippen LogP contribution in [-0.2, 0) is 24.2 Å². The molecule has 0 unspecified atom stereocenters. The molecular formula is C36H39F3N8O3. The van der Waals surface area contributed by atoms with Crippen molar-refractivity contribution < 1.29 is 27.4 Å².